The zero-order valence-electron chi connectivity index (χ0n) is 15.5. The molecule has 3 nitrogen and oxygen atoms in total. The highest BCUT2D eigenvalue weighted by Gasteiger charge is 2.42. The second-order valence-corrected chi connectivity index (χ2v) is 7.52. The van der Waals surface area contributed by atoms with Crippen LogP contribution in [0.25, 0.3) is 0 Å². The van der Waals surface area contributed by atoms with Gasteiger partial charge in [0.2, 0.25) is 0 Å². The van der Waals surface area contributed by atoms with Gasteiger partial charge in [-0.1, -0.05) is 49.1 Å². The SMILES string of the molecule is CCC12CN=Cc3ccc1cc32.O=C(O)Cc1ccc(C#CC2CC2)cc1. The summed E-state index contributed by atoms with van der Waals surface area (Å²) in [6, 6.07) is 14.2. The molecule has 1 aliphatic heterocycles. The van der Waals surface area contributed by atoms with Gasteiger partial charge in [-0.25, -0.2) is 0 Å². The van der Waals surface area contributed by atoms with Gasteiger partial charge in [0, 0.05) is 23.1 Å². The fourth-order valence-corrected chi connectivity index (χ4v) is 3.73. The molecule has 2 aromatic carbocycles. The lowest BCUT2D eigenvalue weighted by atomic mass is 9.61. The van der Waals surface area contributed by atoms with E-state index in [4.69, 9.17) is 5.11 Å². The molecular formula is C24H23NO2. The normalized spacial score (nSPS) is 20.5. The summed E-state index contributed by atoms with van der Waals surface area (Å²) in [6.45, 7) is 3.23. The average Bonchev–Trinajstić information content (AvgIpc) is 3.48. The van der Waals surface area contributed by atoms with Crippen LogP contribution in [-0.2, 0) is 16.6 Å². The molecule has 0 saturated heterocycles. The van der Waals surface area contributed by atoms with Gasteiger partial charge in [-0.3, -0.25) is 9.79 Å². The van der Waals surface area contributed by atoms with Crippen molar-refractivity contribution in [2.24, 2.45) is 10.9 Å². The Balaban J connectivity index is 0.000000136. The van der Waals surface area contributed by atoms with Gasteiger partial charge >= 0.3 is 5.97 Å². The molecule has 1 atom stereocenters. The third kappa shape index (κ3) is 3.53. The molecule has 1 fully saturated rings. The molecule has 27 heavy (non-hydrogen) atoms. The van der Waals surface area contributed by atoms with Crippen LogP contribution in [0.3, 0.4) is 0 Å². The Morgan fingerprint density at radius 1 is 1.22 bits per heavy atom. The first-order chi connectivity index (χ1) is 13.1. The van der Waals surface area contributed by atoms with Crippen LogP contribution in [0.15, 0.2) is 47.5 Å². The Kier molecular flexibility index (Phi) is 4.58. The van der Waals surface area contributed by atoms with Crippen molar-refractivity contribution < 1.29 is 9.90 Å². The topological polar surface area (TPSA) is 49.7 Å². The first-order valence-corrected chi connectivity index (χ1v) is 9.58. The third-order valence-corrected chi connectivity index (χ3v) is 5.62. The van der Waals surface area contributed by atoms with Crippen LogP contribution >= 0.6 is 0 Å². The average molecular weight is 357 g/mol. The molecule has 1 heterocycles. The van der Waals surface area contributed by atoms with Gasteiger partial charge in [-0.15, -0.1) is 0 Å². The summed E-state index contributed by atoms with van der Waals surface area (Å²) in [7, 11) is 0. The highest BCUT2D eigenvalue weighted by molar-refractivity contribution is 5.87. The lowest BCUT2D eigenvalue weighted by Gasteiger charge is -2.43. The predicted molar refractivity (Wildman–Crippen MR) is 107 cm³/mol. The summed E-state index contributed by atoms with van der Waals surface area (Å²) in [5.41, 5.74) is 6.46. The third-order valence-electron chi connectivity index (χ3n) is 5.62. The molecule has 1 unspecified atom stereocenters. The van der Waals surface area contributed by atoms with Gasteiger partial charge in [-0.05, 0) is 53.6 Å². The minimum Gasteiger partial charge on any atom is -0.481 e. The molecule has 1 saturated carbocycles. The molecule has 3 heteroatoms. The van der Waals surface area contributed by atoms with Crippen LogP contribution in [-0.4, -0.2) is 23.8 Å². The summed E-state index contributed by atoms with van der Waals surface area (Å²) in [5.74, 6) is 6.06. The van der Waals surface area contributed by atoms with Gasteiger partial charge in [0.05, 0.1) is 13.0 Å². The van der Waals surface area contributed by atoms with Crippen LogP contribution in [0.1, 0.15) is 54.0 Å². The van der Waals surface area contributed by atoms with Crippen molar-refractivity contribution in [2.75, 3.05) is 6.54 Å². The second-order valence-electron chi connectivity index (χ2n) is 7.52. The molecule has 0 spiro atoms. The number of carboxylic acid groups (broad SMARTS) is 1. The van der Waals surface area contributed by atoms with Crippen molar-refractivity contribution in [1.29, 1.82) is 0 Å². The van der Waals surface area contributed by atoms with Gasteiger partial charge < -0.3 is 5.11 Å². The lowest BCUT2D eigenvalue weighted by molar-refractivity contribution is -0.136. The maximum absolute atomic E-state index is 10.4. The van der Waals surface area contributed by atoms with Crippen LogP contribution in [0.2, 0.25) is 0 Å². The van der Waals surface area contributed by atoms with E-state index in [-0.39, 0.29) is 6.42 Å². The van der Waals surface area contributed by atoms with Crippen LogP contribution in [0, 0.1) is 17.8 Å². The second kappa shape index (κ2) is 7.04. The minimum absolute atomic E-state index is 0.0797. The van der Waals surface area contributed by atoms with Gasteiger partial charge in [-0.2, -0.15) is 0 Å². The van der Waals surface area contributed by atoms with Gasteiger partial charge in [0.25, 0.3) is 0 Å². The lowest BCUT2D eigenvalue weighted by Crippen LogP contribution is -2.40. The fourth-order valence-electron chi connectivity index (χ4n) is 3.73. The summed E-state index contributed by atoms with van der Waals surface area (Å²) in [4.78, 5) is 14.9. The number of aliphatic carboxylic acids is 1. The molecule has 0 amide bonds. The summed E-state index contributed by atoms with van der Waals surface area (Å²) < 4.78 is 0. The molecule has 3 aliphatic carbocycles. The number of fused-ring (bicyclic) bond motifs is 1. The van der Waals surface area contributed by atoms with Crippen LogP contribution < -0.4 is 0 Å². The zero-order valence-corrected chi connectivity index (χ0v) is 15.5. The van der Waals surface area contributed by atoms with E-state index in [1.807, 2.05) is 30.5 Å². The van der Waals surface area contributed by atoms with E-state index in [0.29, 0.717) is 11.3 Å². The van der Waals surface area contributed by atoms with Gasteiger partial charge in [0.15, 0.2) is 0 Å². The van der Waals surface area contributed by atoms with Crippen molar-refractivity contribution >= 4 is 12.2 Å². The fraction of sp³-hybridized carbons (Fsp3) is 0.333. The highest BCUT2D eigenvalue weighted by Crippen LogP contribution is 2.47. The van der Waals surface area contributed by atoms with E-state index in [2.05, 4.69) is 42.0 Å². The smallest absolute Gasteiger partial charge is 0.307 e. The van der Waals surface area contributed by atoms with Crippen molar-refractivity contribution in [1.82, 2.24) is 0 Å². The number of benzene rings is 2. The Hall–Kier alpha value is -2.86. The monoisotopic (exact) mass is 357 g/mol. The van der Waals surface area contributed by atoms with Crippen LogP contribution in [0.4, 0.5) is 0 Å². The number of aliphatic imine (C=N–C) groups is 1. The van der Waals surface area contributed by atoms with E-state index in [1.165, 1.54) is 36.0 Å². The van der Waals surface area contributed by atoms with E-state index in [9.17, 15) is 4.79 Å². The quantitative estimate of drug-likeness (QED) is 0.837. The Morgan fingerprint density at radius 2 is 2.00 bits per heavy atom. The predicted octanol–water partition coefficient (Wildman–Crippen LogP) is 4.20. The Labute approximate surface area is 160 Å². The number of nitrogens with zero attached hydrogens (tertiary/aromatic N) is 1. The largest absolute Gasteiger partial charge is 0.481 e. The molecule has 0 radical (unpaired) electrons. The van der Waals surface area contributed by atoms with Crippen molar-refractivity contribution in [3.05, 3.63) is 70.3 Å². The zero-order chi connectivity index (χ0) is 18.9. The number of rotatable bonds is 3. The molecule has 4 bridgehead atoms. The summed E-state index contributed by atoms with van der Waals surface area (Å²) in [6.07, 6.45) is 5.73. The molecule has 136 valence electrons. The maximum atomic E-state index is 10.4. The summed E-state index contributed by atoms with van der Waals surface area (Å²) in [5, 5.41) is 8.59. The molecule has 6 rings (SSSR count). The van der Waals surface area contributed by atoms with E-state index in [0.717, 1.165) is 17.7 Å². The minimum atomic E-state index is -0.799. The molecule has 0 aromatic heterocycles. The number of carbonyl (C=O) groups is 1. The molecular weight excluding hydrogens is 334 g/mol. The highest BCUT2D eigenvalue weighted by atomic mass is 16.4. The molecule has 1 N–H and O–H groups in total. The Bertz CT molecular complexity index is 954. The maximum Gasteiger partial charge on any atom is 0.307 e. The molecule has 2 aromatic rings. The number of hydrogen-bond donors (Lipinski definition) is 1. The standard InChI is InChI=1S/C13H12O2.C11H11N/c14-13(15)9-12-7-5-11(6-8-12)4-3-10-1-2-10;1-2-11-7-12-6-8-3-4-9(11)5-10(8)11/h5-8,10H,1-2,9H2,(H,14,15);3-6H,2,7H2,1H3. The van der Waals surface area contributed by atoms with Crippen molar-refractivity contribution in [3.8, 4) is 11.8 Å². The summed E-state index contributed by atoms with van der Waals surface area (Å²) >= 11 is 0. The van der Waals surface area contributed by atoms with E-state index in [1.54, 1.807) is 0 Å². The molecule has 4 aliphatic rings. The van der Waals surface area contributed by atoms with E-state index >= 15 is 0 Å². The van der Waals surface area contributed by atoms with Gasteiger partial charge in [0.1, 0.15) is 0 Å². The first kappa shape index (κ1) is 17.5. The Morgan fingerprint density at radius 3 is 2.59 bits per heavy atom. The number of hydrogen-bond acceptors (Lipinski definition) is 2. The van der Waals surface area contributed by atoms with E-state index < -0.39 is 5.97 Å². The number of carboxylic acids is 1. The van der Waals surface area contributed by atoms with Crippen molar-refractivity contribution in [3.63, 3.8) is 0 Å². The van der Waals surface area contributed by atoms with Crippen molar-refractivity contribution in [2.45, 2.75) is 38.0 Å². The first-order valence-electron chi connectivity index (χ1n) is 9.58. The van der Waals surface area contributed by atoms with Crippen LogP contribution in [0.5, 0.6) is 0 Å².